The summed E-state index contributed by atoms with van der Waals surface area (Å²) >= 11 is 5.88. The first kappa shape index (κ1) is 12.1. The van der Waals surface area contributed by atoms with Crippen LogP contribution in [0.25, 0.3) is 10.9 Å². The average molecular weight is 264 g/mol. The fraction of sp³-hybridized carbons (Fsp3) is 0.273. The Hall–Kier alpha value is -1.36. The summed E-state index contributed by atoms with van der Waals surface area (Å²) < 4.78 is 44.1. The van der Waals surface area contributed by atoms with Crippen LogP contribution in [-0.4, -0.2) is 11.7 Å². The zero-order chi connectivity index (χ0) is 12.8. The molecule has 0 aliphatic carbocycles. The molecule has 0 saturated carbocycles. The highest BCUT2D eigenvalue weighted by Gasteiger charge is 2.34. The highest BCUT2D eigenvalue weighted by molar-refractivity contribution is 6.32. The van der Waals surface area contributed by atoms with Gasteiger partial charge in [0.2, 0.25) is 0 Å². The standard InChI is InChI=1S/C11H9ClF3NO/c1-16-8-5-7(12)9(17-2)3-6(8)4-10(16)11(13,14)15/h3-5H,1-2H3. The van der Waals surface area contributed by atoms with Gasteiger partial charge in [-0.2, -0.15) is 13.2 Å². The van der Waals surface area contributed by atoms with E-state index in [1.807, 2.05) is 0 Å². The second kappa shape index (κ2) is 3.84. The lowest BCUT2D eigenvalue weighted by atomic mass is 10.2. The molecule has 0 fully saturated rings. The van der Waals surface area contributed by atoms with Crippen molar-refractivity contribution in [2.45, 2.75) is 6.18 Å². The summed E-state index contributed by atoms with van der Waals surface area (Å²) in [6.45, 7) is 0. The summed E-state index contributed by atoms with van der Waals surface area (Å²) in [4.78, 5) is 0. The van der Waals surface area contributed by atoms with Crippen LogP contribution in [0.15, 0.2) is 18.2 Å². The molecule has 0 amide bonds. The highest BCUT2D eigenvalue weighted by Crippen LogP contribution is 2.36. The molecular weight excluding hydrogens is 255 g/mol. The third-order valence-corrected chi connectivity index (χ3v) is 2.90. The van der Waals surface area contributed by atoms with E-state index in [4.69, 9.17) is 16.3 Å². The largest absolute Gasteiger partial charge is 0.495 e. The van der Waals surface area contributed by atoms with E-state index >= 15 is 0 Å². The van der Waals surface area contributed by atoms with Crippen molar-refractivity contribution in [3.05, 3.63) is 28.9 Å². The first-order chi connectivity index (χ1) is 7.84. The van der Waals surface area contributed by atoms with Gasteiger partial charge in [-0.05, 0) is 18.2 Å². The molecular formula is C11H9ClF3NO. The van der Waals surface area contributed by atoms with Gasteiger partial charge in [-0.25, -0.2) is 0 Å². The predicted octanol–water partition coefficient (Wildman–Crippen LogP) is 3.86. The second-order valence-electron chi connectivity index (χ2n) is 3.63. The average Bonchev–Trinajstić information content (AvgIpc) is 2.54. The monoisotopic (exact) mass is 263 g/mol. The van der Waals surface area contributed by atoms with Gasteiger partial charge in [0.15, 0.2) is 0 Å². The van der Waals surface area contributed by atoms with Gasteiger partial charge in [0, 0.05) is 18.0 Å². The van der Waals surface area contributed by atoms with Crippen molar-refractivity contribution in [1.29, 1.82) is 0 Å². The molecule has 0 saturated heterocycles. The Labute approximate surface area is 101 Å². The summed E-state index contributed by atoms with van der Waals surface area (Å²) in [5, 5.41) is 0.732. The van der Waals surface area contributed by atoms with Crippen LogP contribution in [0.4, 0.5) is 13.2 Å². The fourth-order valence-electron chi connectivity index (χ4n) is 1.77. The smallest absolute Gasteiger partial charge is 0.431 e. The van der Waals surface area contributed by atoms with Crippen LogP contribution in [0.3, 0.4) is 0 Å². The number of aromatic nitrogens is 1. The Morgan fingerprint density at radius 1 is 1.24 bits per heavy atom. The van der Waals surface area contributed by atoms with E-state index in [0.29, 0.717) is 16.7 Å². The molecule has 0 unspecified atom stereocenters. The Balaban J connectivity index is 2.74. The first-order valence-corrected chi connectivity index (χ1v) is 5.12. The molecule has 6 heteroatoms. The molecule has 0 aliphatic rings. The Kier molecular flexibility index (Phi) is 2.73. The van der Waals surface area contributed by atoms with Crippen LogP contribution in [0, 0.1) is 0 Å². The molecule has 2 nitrogen and oxygen atoms in total. The number of nitrogens with zero attached hydrogens (tertiary/aromatic N) is 1. The van der Waals surface area contributed by atoms with Crippen molar-refractivity contribution in [3.8, 4) is 5.75 Å². The van der Waals surface area contributed by atoms with Crippen molar-refractivity contribution in [1.82, 2.24) is 4.57 Å². The third-order valence-electron chi connectivity index (χ3n) is 2.61. The maximum atomic E-state index is 12.7. The Morgan fingerprint density at radius 2 is 1.88 bits per heavy atom. The van der Waals surface area contributed by atoms with E-state index in [9.17, 15) is 13.2 Å². The lowest BCUT2D eigenvalue weighted by Gasteiger charge is -2.08. The molecule has 0 N–H and O–H groups in total. The molecule has 17 heavy (non-hydrogen) atoms. The number of aryl methyl sites for hydroxylation is 1. The maximum Gasteiger partial charge on any atom is 0.431 e. The first-order valence-electron chi connectivity index (χ1n) is 4.74. The van der Waals surface area contributed by atoms with Crippen molar-refractivity contribution < 1.29 is 17.9 Å². The minimum atomic E-state index is -4.38. The van der Waals surface area contributed by atoms with Crippen LogP contribution >= 0.6 is 11.6 Å². The number of ether oxygens (including phenoxy) is 1. The predicted molar refractivity (Wildman–Crippen MR) is 59.5 cm³/mol. The summed E-state index contributed by atoms with van der Waals surface area (Å²) in [6.07, 6.45) is -4.38. The summed E-state index contributed by atoms with van der Waals surface area (Å²) in [6, 6.07) is 4.03. The molecule has 1 heterocycles. The van der Waals surface area contributed by atoms with Gasteiger partial charge in [-0.1, -0.05) is 11.6 Å². The molecule has 1 aromatic carbocycles. The minimum absolute atomic E-state index is 0.287. The number of benzene rings is 1. The van der Waals surface area contributed by atoms with E-state index in [2.05, 4.69) is 0 Å². The third kappa shape index (κ3) is 1.95. The molecule has 0 atom stereocenters. The van der Waals surface area contributed by atoms with Crippen molar-refractivity contribution in [3.63, 3.8) is 0 Å². The van der Waals surface area contributed by atoms with Gasteiger partial charge in [-0.3, -0.25) is 0 Å². The molecule has 0 bridgehead atoms. The van der Waals surface area contributed by atoms with Gasteiger partial charge < -0.3 is 9.30 Å². The van der Waals surface area contributed by atoms with Crippen LogP contribution in [0.1, 0.15) is 5.69 Å². The normalized spacial score (nSPS) is 12.1. The van der Waals surface area contributed by atoms with E-state index in [0.717, 1.165) is 10.6 Å². The molecule has 2 aromatic rings. The number of alkyl halides is 3. The lowest BCUT2D eigenvalue weighted by molar-refractivity contribution is -0.142. The molecule has 2 rings (SSSR count). The molecule has 92 valence electrons. The topological polar surface area (TPSA) is 14.2 Å². The summed E-state index contributed by atoms with van der Waals surface area (Å²) in [5.74, 6) is 0.360. The summed E-state index contributed by atoms with van der Waals surface area (Å²) in [5.41, 5.74) is -0.292. The van der Waals surface area contributed by atoms with E-state index in [-0.39, 0.29) is 5.02 Å². The maximum absolute atomic E-state index is 12.7. The van der Waals surface area contributed by atoms with E-state index < -0.39 is 11.9 Å². The highest BCUT2D eigenvalue weighted by atomic mass is 35.5. The number of hydrogen-bond acceptors (Lipinski definition) is 1. The molecule has 0 spiro atoms. The zero-order valence-electron chi connectivity index (χ0n) is 9.10. The molecule has 1 aromatic heterocycles. The van der Waals surface area contributed by atoms with Crippen LogP contribution in [0.5, 0.6) is 5.75 Å². The number of hydrogen-bond donors (Lipinski definition) is 0. The minimum Gasteiger partial charge on any atom is -0.495 e. The van der Waals surface area contributed by atoms with Gasteiger partial charge in [0.25, 0.3) is 0 Å². The zero-order valence-corrected chi connectivity index (χ0v) is 9.86. The Bertz CT molecular complexity index is 574. The van der Waals surface area contributed by atoms with Gasteiger partial charge in [-0.15, -0.1) is 0 Å². The van der Waals surface area contributed by atoms with E-state index in [1.165, 1.54) is 26.3 Å². The van der Waals surface area contributed by atoms with Gasteiger partial charge in [0.05, 0.1) is 12.1 Å². The van der Waals surface area contributed by atoms with Gasteiger partial charge >= 0.3 is 6.18 Å². The van der Waals surface area contributed by atoms with Crippen LogP contribution in [-0.2, 0) is 13.2 Å². The Morgan fingerprint density at radius 3 is 2.41 bits per heavy atom. The number of fused-ring (bicyclic) bond motifs is 1. The van der Waals surface area contributed by atoms with Gasteiger partial charge in [0.1, 0.15) is 11.4 Å². The number of halogens is 4. The van der Waals surface area contributed by atoms with Crippen molar-refractivity contribution >= 4 is 22.5 Å². The summed E-state index contributed by atoms with van der Waals surface area (Å²) in [7, 11) is 2.77. The molecule has 0 radical (unpaired) electrons. The quantitative estimate of drug-likeness (QED) is 0.762. The van der Waals surface area contributed by atoms with Crippen LogP contribution < -0.4 is 4.74 Å². The van der Waals surface area contributed by atoms with Crippen molar-refractivity contribution in [2.24, 2.45) is 7.05 Å². The van der Waals surface area contributed by atoms with Crippen LogP contribution in [0.2, 0.25) is 5.02 Å². The van der Waals surface area contributed by atoms with Crippen molar-refractivity contribution in [2.75, 3.05) is 7.11 Å². The number of rotatable bonds is 1. The SMILES string of the molecule is COc1cc2cc(C(F)(F)F)n(C)c2cc1Cl. The fourth-order valence-corrected chi connectivity index (χ4v) is 2.00. The number of methoxy groups -OCH3 is 1. The second-order valence-corrected chi connectivity index (χ2v) is 4.04. The molecule has 0 aliphatic heterocycles. The lowest BCUT2D eigenvalue weighted by Crippen LogP contribution is -2.10. The van der Waals surface area contributed by atoms with E-state index in [1.54, 1.807) is 0 Å².